The van der Waals surface area contributed by atoms with Crippen LogP contribution in [0.5, 0.6) is 17.2 Å². The molecule has 2 aromatic carbocycles. The summed E-state index contributed by atoms with van der Waals surface area (Å²) >= 11 is 0. The van der Waals surface area contributed by atoms with Crippen molar-refractivity contribution in [3.05, 3.63) is 62.5 Å². The van der Waals surface area contributed by atoms with Gasteiger partial charge in [0.1, 0.15) is 17.1 Å². The van der Waals surface area contributed by atoms with E-state index in [9.17, 15) is 23.1 Å². The van der Waals surface area contributed by atoms with Gasteiger partial charge in [-0.15, -0.1) is 0 Å². The molecule has 212 valence electrons. The normalized spacial score (nSPS) is 15.0. The molecule has 0 bridgehead atoms. The van der Waals surface area contributed by atoms with Crippen LogP contribution >= 0.6 is 0 Å². The molecule has 39 heavy (non-hydrogen) atoms. The SMILES string of the molecule is CCCCCCc1cc2c(=O)c(Oc3cc(C)cc(C)c3)c(C(F)(F)F)oc2c(CN2CCCCCC2)c1O. The smallest absolute Gasteiger partial charge is 0.453 e. The minimum atomic E-state index is -4.98. The first-order valence-electron chi connectivity index (χ1n) is 14.0. The molecule has 1 aliphatic heterocycles. The van der Waals surface area contributed by atoms with Gasteiger partial charge in [0.15, 0.2) is 0 Å². The van der Waals surface area contributed by atoms with E-state index in [1.807, 2.05) is 6.07 Å². The molecule has 4 rings (SSSR count). The Bertz CT molecular complexity index is 1330. The van der Waals surface area contributed by atoms with Crippen molar-refractivity contribution < 1.29 is 27.4 Å². The number of fused-ring (bicyclic) bond motifs is 1. The summed E-state index contributed by atoms with van der Waals surface area (Å²) in [6.07, 6.45) is 3.51. The van der Waals surface area contributed by atoms with Gasteiger partial charge in [-0.1, -0.05) is 45.1 Å². The number of halogens is 3. The Morgan fingerprint density at radius 2 is 1.64 bits per heavy atom. The van der Waals surface area contributed by atoms with Crippen LogP contribution in [0.15, 0.2) is 33.5 Å². The van der Waals surface area contributed by atoms with Gasteiger partial charge < -0.3 is 14.3 Å². The summed E-state index contributed by atoms with van der Waals surface area (Å²) in [6.45, 7) is 7.46. The van der Waals surface area contributed by atoms with Crippen LogP contribution in [0.3, 0.4) is 0 Å². The minimum absolute atomic E-state index is 0.00418. The Balaban J connectivity index is 1.90. The maximum atomic E-state index is 14.3. The quantitative estimate of drug-likeness (QED) is 0.274. The first kappa shape index (κ1) is 29.0. The second-order valence-corrected chi connectivity index (χ2v) is 10.8. The summed E-state index contributed by atoms with van der Waals surface area (Å²) < 4.78 is 54.0. The molecule has 2 heterocycles. The molecular formula is C31H38F3NO4. The number of alkyl halides is 3. The molecule has 1 aliphatic rings. The molecule has 8 heteroatoms. The van der Waals surface area contributed by atoms with Gasteiger partial charge in [0.2, 0.25) is 11.2 Å². The van der Waals surface area contributed by atoms with Crippen LogP contribution in [0.1, 0.15) is 86.3 Å². The number of hydrogen-bond acceptors (Lipinski definition) is 5. The first-order chi connectivity index (χ1) is 18.6. The van der Waals surface area contributed by atoms with E-state index < -0.39 is 23.1 Å². The maximum Gasteiger partial charge on any atom is 0.453 e. The van der Waals surface area contributed by atoms with E-state index in [2.05, 4.69) is 11.8 Å². The van der Waals surface area contributed by atoms with Crippen molar-refractivity contribution in [2.75, 3.05) is 13.1 Å². The average molecular weight is 546 g/mol. The van der Waals surface area contributed by atoms with E-state index in [1.54, 1.807) is 26.0 Å². The molecule has 0 amide bonds. The molecule has 1 saturated heterocycles. The number of phenolic OH excluding ortho intramolecular Hbond substituents is 1. The van der Waals surface area contributed by atoms with Crippen LogP contribution in [0.4, 0.5) is 13.2 Å². The van der Waals surface area contributed by atoms with Gasteiger partial charge in [0.25, 0.3) is 5.76 Å². The highest BCUT2D eigenvalue weighted by Crippen LogP contribution is 2.41. The van der Waals surface area contributed by atoms with Crippen molar-refractivity contribution in [3.63, 3.8) is 0 Å². The number of rotatable bonds is 9. The average Bonchev–Trinajstić information content (AvgIpc) is 3.13. The van der Waals surface area contributed by atoms with Gasteiger partial charge in [0.05, 0.1) is 10.9 Å². The Hall–Kier alpha value is -3.00. The monoisotopic (exact) mass is 545 g/mol. The van der Waals surface area contributed by atoms with Crippen molar-refractivity contribution in [2.24, 2.45) is 0 Å². The molecule has 0 atom stereocenters. The van der Waals surface area contributed by atoms with E-state index >= 15 is 0 Å². The van der Waals surface area contributed by atoms with E-state index in [-0.39, 0.29) is 34.6 Å². The van der Waals surface area contributed by atoms with Crippen LogP contribution in [-0.2, 0) is 19.1 Å². The molecule has 3 aromatic rings. The molecule has 0 unspecified atom stereocenters. The number of phenols is 1. The number of aromatic hydroxyl groups is 1. The second kappa shape index (κ2) is 12.5. The van der Waals surface area contributed by atoms with Gasteiger partial charge in [-0.05, 0) is 87.5 Å². The fourth-order valence-corrected chi connectivity index (χ4v) is 5.42. The van der Waals surface area contributed by atoms with Gasteiger partial charge >= 0.3 is 6.18 Å². The fraction of sp³-hybridized carbons (Fsp3) is 0.516. The Labute approximate surface area is 227 Å². The Morgan fingerprint density at radius 1 is 0.974 bits per heavy atom. The van der Waals surface area contributed by atoms with Crippen LogP contribution in [0, 0.1) is 13.8 Å². The molecule has 5 nitrogen and oxygen atoms in total. The van der Waals surface area contributed by atoms with Gasteiger partial charge in [-0.2, -0.15) is 13.2 Å². The lowest BCUT2D eigenvalue weighted by Gasteiger charge is -2.23. The maximum absolute atomic E-state index is 14.3. The molecule has 1 aromatic heterocycles. The number of aryl methyl sites for hydroxylation is 3. The standard InChI is InChI=1S/C31H38F3NO4/c1-4-5-6-9-12-22-18-24-27(37)29(38-23-16-20(2)15-21(3)17-23)30(31(32,33)34)39-28(24)25(26(22)36)19-35-13-10-7-8-11-14-35/h15-18,36H,4-14,19H2,1-3H3. The predicted molar refractivity (Wildman–Crippen MR) is 147 cm³/mol. The van der Waals surface area contributed by atoms with Crippen molar-refractivity contribution in [1.29, 1.82) is 0 Å². The lowest BCUT2D eigenvalue weighted by atomic mass is 9.98. The van der Waals surface area contributed by atoms with E-state index in [4.69, 9.17) is 9.15 Å². The number of ether oxygens (including phenoxy) is 1. The largest absolute Gasteiger partial charge is 0.507 e. The number of nitrogens with zero attached hydrogens (tertiary/aromatic N) is 1. The first-order valence-corrected chi connectivity index (χ1v) is 14.0. The summed E-state index contributed by atoms with van der Waals surface area (Å²) in [5.74, 6) is -2.33. The summed E-state index contributed by atoms with van der Waals surface area (Å²) in [5.41, 5.74) is 1.26. The van der Waals surface area contributed by atoms with E-state index in [0.717, 1.165) is 75.6 Å². The molecule has 1 N–H and O–H groups in total. The number of hydrogen-bond donors (Lipinski definition) is 1. The fourth-order valence-electron chi connectivity index (χ4n) is 5.42. The number of unbranched alkanes of at least 4 members (excludes halogenated alkanes) is 3. The van der Waals surface area contributed by atoms with Crippen LogP contribution < -0.4 is 10.2 Å². The third-order valence-electron chi connectivity index (χ3n) is 7.34. The molecule has 0 aliphatic carbocycles. The van der Waals surface area contributed by atoms with Crippen molar-refractivity contribution in [2.45, 2.75) is 91.3 Å². The topological polar surface area (TPSA) is 62.9 Å². The minimum Gasteiger partial charge on any atom is -0.507 e. The lowest BCUT2D eigenvalue weighted by molar-refractivity contribution is -0.154. The summed E-state index contributed by atoms with van der Waals surface area (Å²) in [5, 5.41) is 11.3. The zero-order valence-corrected chi connectivity index (χ0v) is 23.0. The molecule has 0 radical (unpaired) electrons. The molecular weight excluding hydrogens is 507 g/mol. The van der Waals surface area contributed by atoms with E-state index in [1.165, 1.54) is 6.07 Å². The molecule has 1 fully saturated rings. The van der Waals surface area contributed by atoms with Gasteiger partial charge in [0, 0.05) is 6.54 Å². The predicted octanol–water partition coefficient (Wildman–Crippen LogP) is 8.43. The Kier molecular flexibility index (Phi) is 9.26. The van der Waals surface area contributed by atoms with Crippen LogP contribution in [0.25, 0.3) is 11.0 Å². The third-order valence-corrected chi connectivity index (χ3v) is 7.34. The number of benzene rings is 2. The second-order valence-electron chi connectivity index (χ2n) is 10.8. The highest BCUT2D eigenvalue weighted by atomic mass is 19.4. The van der Waals surface area contributed by atoms with Crippen molar-refractivity contribution in [3.8, 4) is 17.2 Å². The molecule has 0 spiro atoms. The van der Waals surface area contributed by atoms with Gasteiger partial charge in [-0.25, -0.2) is 0 Å². The van der Waals surface area contributed by atoms with Crippen LogP contribution in [0.2, 0.25) is 0 Å². The Morgan fingerprint density at radius 3 is 2.26 bits per heavy atom. The van der Waals surface area contributed by atoms with E-state index in [0.29, 0.717) is 12.0 Å². The summed E-state index contributed by atoms with van der Waals surface area (Å²) in [4.78, 5) is 15.8. The van der Waals surface area contributed by atoms with Crippen molar-refractivity contribution in [1.82, 2.24) is 4.90 Å². The zero-order chi connectivity index (χ0) is 28.2. The summed E-state index contributed by atoms with van der Waals surface area (Å²) in [6, 6.07) is 6.51. The highest BCUT2D eigenvalue weighted by Gasteiger charge is 2.41. The highest BCUT2D eigenvalue weighted by molar-refractivity contribution is 5.85. The van der Waals surface area contributed by atoms with Crippen molar-refractivity contribution >= 4 is 11.0 Å². The summed E-state index contributed by atoms with van der Waals surface area (Å²) in [7, 11) is 0. The zero-order valence-electron chi connectivity index (χ0n) is 23.0. The number of likely N-dealkylation sites (tertiary alicyclic amines) is 1. The third kappa shape index (κ3) is 6.96. The lowest BCUT2D eigenvalue weighted by Crippen LogP contribution is -2.25. The van der Waals surface area contributed by atoms with Gasteiger partial charge in [-0.3, -0.25) is 9.69 Å². The van der Waals surface area contributed by atoms with Crippen LogP contribution in [-0.4, -0.2) is 23.1 Å². The molecule has 0 saturated carbocycles.